The number of halogens is 1. The van der Waals surface area contributed by atoms with Gasteiger partial charge in [0.1, 0.15) is 0 Å². The number of aryl methyl sites for hydroxylation is 1. The van der Waals surface area contributed by atoms with E-state index in [1.165, 1.54) is 5.56 Å². The summed E-state index contributed by atoms with van der Waals surface area (Å²) in [5.74, 6) is 2.01. The Labute approximate surface area is 94.5 Å². The van der Waals surface area contributed by atoms with E-state index in [-0.39, 0.29) is 6.61 Å². The number of thioether (sulfide) groups is 1. The number of aliphatic hydroxyl groups excluding tert-OH is 1. The molecule has 1 nitrogen and oxygen atoms in total. The van der Waals surface area contributed by atoms with Gasteiger partial charge >= 0.3 is 0 Å². The molecule has 0 saturated heterocycles. The van der Waals surface area contributed by atoms with E-state index in [0.717, 1.165) is 28.5 Å². The minimum Gasteiger partial charge on any atom is -0.396 e. The Kier molecular flexibility index (Phi) is 5.38. The second-order valence-corrected chi connectivity index (χ2v) is 4.73. The summed E-state index contributed by atoms with van der Waals surface area (Å²) in [5, 5.41) is 9.44. The average Bonchev–Trinajstić information content (AvgIpc) is 2.18. The molecule has 0 aliphatic heterocycles. The van der Waals surface area contributed by atoms with Gasteiger partial charge in [-0.1, -0.05) is 23.7 Å². The second kappa shape index (κ2) is 6.33. The normalized spacial score (nSPS) is 10.5. The minimum absolute atomic E-state index is 0.284. The molecule has 0 aliphatic rings. The molecular formula is C11H15ClOS. The minimum atomic E-state index is 0.284. The zero-order valence-corrected chi connectivity index (χ0v) is 9.87. The molecule has 0 atom stereocenters. The van der Waals surface area contributed by atoms with Gasteiger partial charge in [0.25, 0.3) is 0 Å². The summed E-state index contributed by atoms with van der Waals surface area (Å²) in [6.45, 7) is 2.30. The van der Waals surface area contributed by atoms with E-state index in [1.54, 1.807) is 0 Å². The van der Waals surface area contributed by atoms with Crippen LogP contribution in [0.5, 0.6) is 0 Å². The molecule has 0 fully saturated rings. The Hall–Kier alpha value is -0.180. The van der Waals surface area contributed by atoms with Crippen LogP contribution in [0, 0.1) is 6.92 Å². The molecule has 1 N–H and O–H groups in total. The lowest BCUT2D eigenvalue weighted by Crippen LogP contribution is -1.88. The summed E-state index contributed by atoms with van der Waals surface area (Å²) in [6, 6.07) is 6.12. The first-order valence-electron chi connectivity index (χ1n) is 4.67. The Bertz CT molecular complexity index is 289. The Morgan fingerprint density at radius 2 is 2.21 bits per heavy atom. The number of benzene rings is 1. The zero-order chi connectivity index (χ0) is 10.4. The van der Waals surface area contributed by atoms with Crippen molar-refractivity contribution in [2.75, 3.05) is 12.4 Å². The molecule has 0 saturated carbocycles. The fourth-order valence-electron chi connectivity index (χ4n) is 1.15. The Morgan fingerprint density at radius 1 is 1.43 bits per heavy atom. The molecule has 14 heavy (non-hydrogen) atoms. The van der Waals surface area contributed by atoms with Gasteiger partial charge in [-0.3, -0.25) is 0 Å². The molecule has 0 bridgehead atoms. The smallest absolute Gasteiger partial charge is 0.0438 e. The highest BCUT2D eigenvalue weighted by atomic mass is 35.5. The highest BCUT2D eigenvalue weighted by molar-refractivity contribution is 7.98. The topological polar surface area (TPSA) is 20.2 Å². The van der Waals surface area contributed by atoms with Crippen LogP contribution in [0.3, 0.4) is 0 Å². The van der Waals surface area contributed by atoms with Crippen molar-refractivity contribution in [3.05, 3.63) is 34.3 Å². The van der Waals surface area contributed by atoms with E-state index in [4.69, 9.17) is 16.7 Å². The fourth-order valence-corrected chi connectivity index (χ4v) is 2.16. The summed E-state index contributed by atoms with van der Waals surface area (Å²) in [7, 11) is 0. The fraction of sp³-hybridized carbons (Fsp3) is 0.455. The quantitative estimate of drug-likeness (QED) is 0.784. The third-order valence-electron chi connectivity index (χ3n) is 1.94. The van der Waals surface area contributed by atoms with Gasteiger partial charge in [-0.15, -0.1) is 0 Å². The molecule has 78 valence electrons. The first kappa shape index (κ1) is 11.9. The van der Waals surface area contributed by atoms with Gasteiger partial charge in [0.15, 0.2) is 0 Å². The molecule has 3 heteroatoms. The molecule has 1 aromatic carbocycles. The largest absolute Gasteiger partial charge is 0.396 e. The summed E-state index contributed by atoms with van der Waals surface area (Å²) in [5.41, 5.74) is 2.43. The van der Waals surface area contributed by atoms with Gasteiger partial charge in [0.2, 0.25) is 0 Å². The van der Waals surface area contributed by atoms with Crippen LogP contribution in [0.4, 0.5) is 0 Å². The van der Waals surface area contributed by atoms with Crippen LogP contribution in [0.2, 0.25) is 5.02 Å². The van der Waals surface area contributed by atoms with Gasteiger partial charge in [0.05, 0.1) is 0 Å². The highest BCUT2D eigenvalue weighted by Crippen LogP contribution is 2.19. The van der Waals surface area contributed by atoms with Crippen LogP contribution in [-0.4, -0.2) is 17.5 Å². The second-order valence-electron chi connectivity index (χ2n) is 3.21. The van der Waals surface area contributed by atoms with Gasteiger partial charge in [0, 0.05) is 17.4 Å². The van der Waals surface area contributed by atoms with Crippen LogP contribution in [0.25, 0.3) is 0 Å². The van der Waals surface area contributed by atoms with Gasteiger partial charge in [-0.25, -0.2) is 0 Å². The lowest BCUT2D eigenvalue weighted by molar-refractivity contribution is 0.296. The maximum Gasteiger partial charge on any atom is 0.0438 e. The van der Waals surface area contributed by atoms with E-state index in [0.29, 0.717) is 0 Å². The van der Waals surface area contributed by atoms with Gasteiger partial charge in [-0.2, -0.15) is 11.8 Å². The van der Waals surface area contributed by atoms with E-state index in [1.807, 2.05) is 24.8 Å². The van der Waals surface area contributed by atoms with Crippen molar-refractivity contribution in [1.29, 1.82) is 0 Å². The molecule has 0 radical (unpaired) electrons. The van der Waals surface area contributed by atoms with E-state index < -0.39 is 0 Å². The van der Waals surface area contributed by atoms with Crippen molar-refractivity contribution in [3.63, 3.8) is 0 Å². The summed E-state index contributed by atoms with van der Waals surface area (Å²) < 4.78 is 0. The molecular weight excluding hydrogens is 216 g/mol. The van der Waals surface area contributed by atoms with E-state index >= 15 is 0 Å². The third kappa shape index (κ3) is 3.91. The van der Waals surface area contributed by atoms with Crippen LogP contribution in [0.1, 0.15) is 17.5 Å². The average molecular weight is 231 g/mol. The molecule has 0 heterocycles. The first-order chi connectivity index (χ1) is 6.74. The highest BCUT2D eigenvalue weighted by Gasteiger charge is 1.97. The summed E-state index contributed by atoms with van der Waals surface area (Å²) >= 11 is 7.77. The number of aliphatic hydroxyl groups is 1. The van der Waals surface area contributed by atoms with Crippen LogP contribution >= 0.6 is 23.4 Å². The molecule has 0 aromatic heterocycles. The SMILES string of the molecule is Cc1cc(CSCCCO)ccc1Cl. The zero-order valence-electron chi connectivity index (χ0n) is 8.29. The van der Waals surface area contributed by atoms with E-state index in [2.05, 4.69) is 12.1 Å². The molecule has 1 rings (SSSR count). The predicted octanol–water partition coefficient (Wildman–Crippen LogP) is 3.26. The number of rotatable bonds is 5. The maximum absolute atomic E-state index is 8.61. The van der Waals surface area contributed by atoms with Crippen molar-refractivity contribution >= 4 is 23.4 Å². The van der Waals surface area contributed by atoms with Crippen molar-refractivity contribution in [2.24, 2.45) is 0 Å². The Morgan fingerprint density at radius 3 is 2.86 bits per heavy atom. The van der Waals surface area contributed by atoms with Crippen LogP contribution in [-0.2, 0) is 5.75 Å². The van der Waals surface area contributed by atoms with Crippen molar-refractivity contribution in [2.45, 2.75) is 19.1 Å². The number of hydrogen-bond acceptors (Lipinski definition) is 2. The molecule has 0 spiro atoms. The van der Waals surface area contributed by atoms with Crippen molar-refractivity contribution < 1.29 is 5.11 Å². The summed E-state index contributed by atoms with van der Waals surface area (Å²) in [6.07, 6.45) is 0.872. The molecule has 0 unspecified atom stereocenters. The van der Waals surface area contributed by atoms with Gasteiger partial charge in [-0.05, 0) is 36.3 Å². The predicted molar refractivity (Wildman–Crippen MR) is 64.1 cm³/mol. The molecule has 0 amide bonds. The van der Waals surface area contributed by atoms with Crippen molar-refractivity contribution in [1.82, 2.24) is 0 Å². The van der Waals surface area contributed by atoms with E-state index in [9.17, 15) is 0 Å². The van der Waals surface area contributed by atoms with Crippen LogP contribution in [0.15, 0.2) is 18.2 Å². The first-order valence-corrected chi connectivity index (χ1v) is 6.21. The van der Waals surface area contributed by atoms with Crippen LogP contribution < -0.4 is 0 Å². The molecule has 1 aromatic rings. The Balaban J connectivity index is 2.39. The standard InChI is InChI=1S/C11H15ClOS/c1-9-7-10(3-4-11(9)12)8-14-6-2-5-13/h3-4,7,13H,2,5-6,8H2,1H3. The monoisotopic (exact) mass is 230 g/mol. The van der Waals surface area contributed by atoms with Gasteiger partial charge < -0.3 is 5.11 Å². The lowest BCUT2D eigenvalue weighted by atomic mass is 10.2. The van der Waals surface area contributed by atoms with Crippen molar-refractivity contribution in [3.8, 4) is 0 Å². The maximum atomic E-state index is 8.61. The number of hydrogen-bond donors (Lipinski definition) is 1. The summed E-state index contributed by atoms with van der Waals surface area (Å²) in [4.78, 5) is 0. The third-order valence-corrected chi connectivity index (χ3v) is 3.48. The lowest BCUT2D eigenvalue weighted by Gasteiger charge is -2.03. The molecule has 0 aliphatic carbocycles.